The Morgan fingerprint density at radius 3 is 2.64 bits per heavy atom. The molecule has 0 unspecified atom stereocenters. The molecule has 5 nitrogen and oxygen atoms in total. The second-order valence-corrected chi connectivity index (χ2v) is 6.12. The minimum absolute atomic E-state index is 0.508. The fourth-order valence-electron chi connectivity index (χ4n) is 1.72. The van der Waals surface area contributed by atoms with E-state index in [9.17, 15) is 9.90 Å². The molecule has 0 saturated carbocycles. The largest absolute Gasteiger partial charge is 0.437 e. The normalized spacial score (nSPS) is 10.9. The summed E-state index contributed by atoms with van der Waals surface area (Å²) in [6, 6.07) is 13.8. The van der Waals surface area contributed by atoms with Gasteiger partial charge in [0.2, 0.25) is 0 Å². The summed E-state index contributed by atoms with van der Waals surface area (Å²) in [6.45, 7) is 3.24. The van der Waals surface area contributed by atoms with E-state index in [4.69, 9.17) is 16.4 Å². The quantitative estimate of drug-likeness (QED) is 0.377. The van der Waals surface area contributed by atoms with Crippen molar-refractivity contribution in [3.8, 4) is 11.8 Å². The van der Waals surface area contributed by atoms with Gasteiger partial charge in [0.1, 0.15) is 5.60 Å². The van der Waals surface area contributed by atoms with E-state index in [1.165, 1.54) is 6.21 Å². The summed E-state index contributed by atoms with van der Waals surface area (Å²) >= 11 is 5.83. The van der Waals surface area contributed by atoms with Crippen LogP contribution >= 0.6 is 11.6 Å². The Balaban J connectivity index is 1.89. The molecule has 0 atom stereocenters. The highest BCUT2D eigenvalue weighted by molar-refractivity contribution is 6.30. The third kappa shape index (κ3) is 7.08. The number of nitrogens with one attached hydrogen (secondary N) is 1. The van der Waals surface area contributed by atoms with Crippen LogP contribution in [0.3, 0.4) is 0 Å². The summed E-state index contributed by atoms with van der Waals surface area (Å²) in [5, 5.41) is 16.2. The zero-order valence-corrected chi connectivity index (χ0v) is 14.5. The summed E-state index contributed by atoms with van der Waals surface area (Å²) in [5.74, 6) is 5.60. The number of hydrogen-bond acceptors (Lipinski definition) is 4. The molecule has 0 spiro atoms. The molecule has 2 N–H and O–H groups in total. The Bertz CT molecular complexity index is 828. The standard InChI is InChI=1S/C19H17ClN2O3/c1-19(2,24)11-10-14-6-8-15(9-7-14)13-21-25-18(23)22-17-5-3-4-16(20)12-17/h3-9,12-13,24H,1-2H3,(H,22,23)/b21-13-. The number of carbonyl (C=O) groups is 1. The van der Waals surface area contributed by atoms with Crippen molar-refractivity contribution in [3.63, 3.8) is 0 Å². The number of hydrogen-bond donors (Lipinski definition) is 2. The predicted octanol–water partition coefficient (Wildman–Crippen LogP) is 4.05. The number of anilines is 1. The molecule has 6 heteroatoms. The first-order valence-electron chi connectivity index (χ1n) is 7.44. The van der Waals surface area contributed by atoms with Gasteiger partial charge in [0.25, 0.3) is 0 Å². The average Bonchev–Trinajstić information content (AvgIpc) is 2.53. The van der Waals surface area contributed by atoms with E-state index in [-0.39, 0.29) is 0 Å². The number of oxime groups is 1. The summed E-state index contributed by atoms with van der Waals surface area (Å²) in [7, 11) is 0. The lowest BCUT2D eigenvalue weighted by Gasteiger charge is -2.05. The number of benzene rings is 2. The van der Waals surface area contributed by atoms with Crippen LogP contribution in [0.1, 0.15) is 25.0 Å². The fraction of sp³-hybridized carbons (Fsp3) is 0.158. The van der Waals surface area contributed by atoms with E-state index in [1.54, 1.807) is 62.4 Å². The van der Waals surface area contributed by atoms with Crippen LogP contribution in [0.5, 0.6) is 0 Å². The minimum Gasteiger partial charge on any atom is -0.378 e. The monoisotopic (exact) mass is 356 g/mol. The van der Waals surface area contributed by atoms with Crippen LogP contribution < -0.4 is 5.32 Å². The fourth-order valence-corrected chi connectivity index (χ4v) is 1.91. The van der Waals surface area contributed by atoms with Crippen LogP contribution in [-0.2, 0) is 4.84 Å². The Morgan fingerprint density at radius 2 is 2.00 bits per heavy atom. The van der Waals surface area contributed by atoms with Crippen molar-refractivity contribution >= 4 is 29.6 Å². The van der Waals surface area contributed by atoms with E-state index in [0.29, 0.717) is 10.7 Å². The summed E-state index contributed by atoms with van der Waals surface area (Å²) in [5.41, 5.74) is 0.982. The van der Waals surface area contributed by atoms with Gasteiger partial charge in [-0.05, 0) is 49.7 Å². The predicted molar refractivity (Wildman–Crippen MR) is 98.8 cm³/mol. The molecule has 0 aliphatic rings. The molecular weight excluding hydrogens is 340 g/mol. The summed E-state index contributed by atoms with van der Waals surface area (Å²) in [6.07, 6.45) is 0.691. The van der Waals surface area contributed by atoms with Crippen molar-refractivity contribution in [3.05, 3.63) is 64.7 Å². The molecule has 0 heterocycles. The molecule has 0 bridgehead atoms. The molecule has 0 radical (unpaired) electrons. The molecule has 0 saturated heterocycles. The first-order valence-corrected chi connectivity index (χ1v) is 7.82. The summed E-state index contributed by atoms with van der Waals surface area (Å²) in [4.78, 5) is 16.3. The second kappa shape index (κ2) is 8.34. The Morgan fingerprint density at radius 1 is 1.28 bits per heavy atom. The molecule has 2 rings (SSSR count). The van der Waals surface area contributed by atoms with Crippen molar-refractivity contribution in [2.45, 2.75) is 19.4 Å². The number of rotatable bonds is 3. The van der Waals surface area contributed by atoms with Crippen molar-refractivity contribution in [1.82, 2.24) is 0 Å². The van der Waals surface area contributed by atoms with Gasteiger partial charge in [-0.15, -0.1) is 0 Å². The van der Waals surface area contributed by atoms with Crippen molar-refractivity contribution in [2.24, 2.45) is 5.16 Å². The number of carbonyl (C=O) groups excluding carboxylic acids is 1. The first-order chi connectivity index (χ1) is 11.8. The van der Waals surface area contributed by atoms with Crippen LogP contribution in [0.25, 0.3) is 0 Å². The average molecular weight is 357 g/mol. The highest BCUT2D eigenvalue weighted by atomic mass is 35.5. The topological polar surface area (TPSA) is 70.9 Å². The zero-order valence-electron chi connectivity index (χ0n) is 13.8. The second-order valence-electron chi connectivity index (χ2n) is 5.68. The zero-order chi connectivity index (χ0) is 18.3. The van der Waals surface area contributed by atoms with E-state index in [1.807, 2.05) is 0 Å². The Labute approximate surface area is 151 Å². The first kappa shape index (κ1) is 18.5. The van der Waals surface area contributed by atoms with E-state index >= 15 is 0 Å². The minimum atomic E-state index is -1.04. The van der Waals surface area contributed by atoms with Crippen LogP contribution in [0.2, 0.25) is 5.02 Å². The van der Waals surface area contributed by atoms with Gasteiger partial charge in [0, 0.05) is 16.3 Å². The lowest BCUT2D eigenvalue weighted by Crippen LogP contribution is -2.14. The molecule has 2 aromatic carbocycles. The van der Waals surface area contributed by atoms with Crippen LogP contribution in [0.4, 0.5) is 10.5 Å². The molecular formula is C19H17ClN2O3. The lowest BCUT2D eigenvalue weighted by atomic mass is 10.1. The third-order valence-corrected chi connectivity index (χ3v) is 3.07. The lowest BCUT2D eigenvalue weighted by molar-refractivity contribution is 0.143. The Kier molecular flexibility index (Phi) is 6.18. The van der Waals surface area contributed by atoms with Crippen molar-refractivity contribution < 1.29 is 14.7 Å². The maximum absolute atomic E-state index is 11.6. The van der Waals surface area contributed by atoms with E-state index < -0.39 is 11.7 Å². The maximum Gasteiger partial charge on any atom is 0.437 e. The van der Waals surface area contributed by atoms with Gasteiger partial charge in [-0.25, -0.2) is 4.79 Å². The van der Waals surface area contributed by atoms with Gasteiger partial charge >= 0.3 is 6.09 Å². The SMILES string of the molecule is CC(C)(O)C#Cc1ccc(/C=N\OC(=O)Nc2cccc(Cl)c2)cc1. The summed E-state index contributed by atoms with van der Waals surface area (Å²) < 4.78 is 0. The highest BCUT2D eigenvalue weighted by Crippen LogP contribution is 2.15. The molecule has 0 aliphatic carbocycles. The van der Waals surface area contributed by atoms with Crippen LogP contribution in [-0.4, -0.2) is 23.0 Å². The third-order valence-electron chi connectivity index (χ3n) is 2.83. The molecule has 1 amide bonds. The van der Waals surface area contributed by atoms with Gasteiger partial charge in [-0.1, -0.05) is 46.8 Å². The molecule has 0 aliphatic heterocycles. The molecule has 25 heavy (non-hydrogen) atoms. The Hall–Kier alpha value is -2.81. The van der Waals surface area contributed by atoms with Gasteiger partial charge in [-0.3, -0.25) is 10.2 Å². The molecule has 0 aromatic heterocycles. The van der Waals surface area contributed by atoms with E-state index in [2.05, 4.69) is 22.3 Å². The molecule has 128 valence electrons. The maximum atomic E-state index is 11.6. The smallest absolute Gasteiger partial charge is 0.378 e. The van der Waals surface area contributed by atoms with Crippen molar-refractivity contribution in [1.29, 1.82) is 0 Å². The number of aliphatic hydroxyl groups is 1. The van der Waals surface area contributed by atoms with E-state index in [0.717, 1.165) is 11.1 Å². The van der Waals surface area contributed by atoms with Gasteiger partial charge in [-0.2, -0.15) is 0 Å². The van der Waals surface area contributed by atoms with Crippen molar-refractivity contribution in [2.75, 3.05) is 5.32 Å². The number of amides is 1. The van der Waals surface area contributed by atoms with Gasteiger partial charge in [0.05, 0.1) is 6.21 Å². The number of halogens is 1. The van der Waals surface area contributed by atoms with Crippen LogP contribution in [0.15, 0.2) is 53.7 Å². The van der Waals surface area contributed by atoms with Gasteiger partial charge < -0.3 is 5.11 Å². The molecule has 2 aromatic rings. The highest BCUT2D eigenvalue weighted by Gasteiger charge is 2.05. The van der Waals surface area contributed by atoms with Gasteiger partial charge in [0.15, 0.2) is 0 Å². The molecule has 0 fully saturated rings. The number of nitrogens with zero attached hydrogens (tertiary/aromatic N) is 1. The van der Waals surface area contributed by atoms with Crippen LogP contribution in [0, 0.1) is 11.8 Å².